The van der Waals surface area contributed by atoms with Gasteiger partial charge in [-0.1, -0.05) is 17.7 Å². The van der Waals surface area contributed by atoms with Gasteiger partial charge in [-0.15, -0.1) is 0 Å². The summed E-state index contributed by atoms with van der Waals surface area (Å²) in [7, 11) is 0. The smallest absolute Gasteiger partial charge is 0.130 e. The average Bonchev–Trinajstić information content (AvgIpc) is 2.28. The van der Waals surface area contributed by atoms with Gasteiger partial charge < -0.3 is 5.11 Å². The molecule has 2 nitrogen and oxygen atoms in total. The summed E-state index contributed by atoms with van der Waals surface area (Å²) >= 11 is 8.90. The van der Waals surface area contributed by atoms with Gasteiger partial charge >= 0.3 is 0 Å². The van der Waals surface area contributed by atoms with E-state index in [2.05, 4.69) is 20.9 Å². The maximum absolute atomic E-state index is 13.6. The Kier molecular flexibility index (Phi) is 3.76. The third-order valence-electron chi connectivity index (χ3n) is 2.30. The van der Waals surface area contributed by atoms with E-state index in [0.717, 1.165) is 4.47 Å². The molecule has 1 N–H and O–H groups in total. The zero-order valence-corrected chi connectivity index (χ0v) is 10.9. The van der Waals surface area contributed by atoms with Crippen LogP contribution in [0.1, 0.15) is 17.2 Å². The number of halogens is 3. The summed E-state index contributed by atoms with van der Waals surface area (Å²) in [6, 6.07) is 5.86. The highest BCUT2D eigenvalue weighted by Crippen LogP contribution is 2.27. The van der Waals surface area contributed by atoms with Crippen molar-refractivity contribution in [3.8, 4) is 0 Å². The van der Waals surface area contributed by atoms with Crippen LogP contribution in [0.15, 0.2) is 41.1 Å². The predicted molar refractivity (Wildman–Crippen MR) is 67.4 cm³/mol. The van der Waals surface area contributed by atoms with Crippen LogP contribution in [-0.2, 0) is 0 Å². The van der Waals surface area contributed by atoms with Gasteiger partial charge in [0.25, 0.3) is 0 Å². The van der Waals surface area contributed by atoms with E-state index in [1.807, 2.05) is 0 Å². The zero-order chi connectivity index (χ0) is 12.4. The number of nitrogens with zero attached hydrogens (tertiary/aromatic N) is 1. The fourth-order valence-corrected chi connectivity index (χ4v) is 2.02. The van der Waals surface area contributed by atoms with E-state index in [1.165, 1.54) is 24.4 Å². The summed E-state index contributed by atoms with van der Waals surface area (Å²) in [6.45, 7) is 0. The molecular formula is C12H8BrClFNO. The van der Waals surface area contributed by atoms with Crippen LogP contribution in [0.25, 0.3) is 0 Å². The van der Waals surface area contributed by atoms with Crippen LogP contribution >= 0.6 is 27.5 Å². The predicted octanol–water partition coefficient (Wildman–Crippen LogP) is 3.72. The molecule has 0 fully saturated rings. The van der Waals surface area contributed by atoms with E-state index in [-0.39, 0.29) is 5.56 Å². The molecule has 17 heavy (non-hydrogen) atoms. The monoisotopic (exact) mass is 315 g/mol. The van der Waals surface area contributed by atoms with E-state index >= 15 is 0 Å². The molecule has 5 heteroatoms. The Morgan fingerprint density at radius 1 is 1.29 bits per heavy atom. The Morgan fingerprint density at radius 3 is 2.71 bits per heavy atom. The van der Waals surface area contributed by atoms with Crippen LogP contribution in [0.3, 0.4) is 0 Å². The van der Waals surface area contributed by atoms with Crippen LogP contribution in [-0.4, -0.2) is 10.1 Å². The maximum Gasteiger partial charge on any atom is 0.130 e. The fraction of sp³-hybridized carbons (Fsp3) is 0.0833. The first-order chi connectivity index (χ1) is 8.08. The molecule has 0 aliphatic heterocycles. The van der Waals surface area contributed by atoms with Crippen molar-refractivity contribution in [1.82, 2.24) is 4.98 Å². The lowest BCUT2D eigenvalue weighted by atomic mass is 10.0. The molecule has 0 bridgehead atoms. The number of aliphatic hydroxyl groups is 1. The molecule has 2 aromatic rings. The Balaban J connectivity index is 2.40. The summed E-state index contributed by atoms with van der Waals surface area (Å²) in [5, 5.41) is 10.3. The summed E-state index contributed by atoms with van der Waals surface area (Å²) in [4.78, 5) is 3.92. The lowest BCUT2D eigenvalue weighted by Crippen LogP contribution is -2.03. The first kappa shape index (κ1) is 12.5. The minimum Gasteiger partial charge on any atom is -0.383 e. The van der Waals surface area contributed by atoms with Crippen LogP contribution in [0, 0.1) is 5.82 Å². The van der Waals surface area contributed by atoms with Crippen molar-refractivity contribution in [2.45, 2.75) is 6.10 Å². The molecular weight excluding hydrogens is 308 g/mol. The quantitative estimate of drug-likeness (QED) is 0.916. The number of benzene rings is 1. The maximum atomic E-state index is 13.6. The molecule has 1 atom stereocenters. The summed E-state index contributed by atoms with van der Waals surface area (Å²) in [5.41, 5.74) is 0.690. The molecule has 0 radical (unpaired) electrons. The largest absolute Gasteiger partial charge is 0.383 e. The number of aromatic nitrogens is 1. The number of aliphatic hydroxyl groups excluding tert-OH is 1. The van der Waals surface area contributed by atoms with Gasteiger partial charge in [0.15, 0.2) is 0 Å². The highest BCUT2D eigenvalue weighted by atomic mass is 79.9. The average molecular weight is 317 g/mol. The number of rotatable bonds is 2. The molecule has 88 valence electrons. The van der Waals surface area contributed by atoms with Gasteiger partial charge in [-0.2, -0.15) is 0 Å². The summed E-state index contributed by atoms with van der Waals surface area (Å²) in [6.07, 6.45) is 2.02. The van der Waals surface area contributed by atoms with E-state index < -0.39 is 11.9 Å². The molecule has 0 spiro atoms. The van der Waals surface area contributed by atoms with Gasteiger partial charge in [-0.05, 0) is 34.1 Å². The van der Waals surface area contributed by atoms with Gasteiger partial charge in [-0.25, -0.2) is 4.39 Å². The first-order valence-corrected chi connectivity index (χ1v) is 5.98. The second-order valence-electron chi connectivity index (χ2n) is 3.50. The van der Waals surface area contributed by atoms with Crippen molar-refractivity contribution in [3.63, 3.8) is 0 Å². The summed E-state index contributed by atoms with van der Waals surface area (Å²) in [5.74, 6) is -0.537. The van der Waals surface area contributed by atoms with Crippen molar-refractivity contribution in [1.29, 1.82) is 0 Å². The van der Waals surface area contributed by atoms with Crippen molar-refractivity contribution < 1.29 is 9.50 Å². The van der Waals surface area contributed by atoms with Gasteiger partial charge in [0.2, 0.25) is 0 Å². The molecule has 0 amide bonds. The molecule has 0 saturated carbocycles. The van der Waals surface area contributed by atoms with E-state index in [0.29, 0.717) is 10.6 Å². The standard InChI is InChI=1S/C12H8BrClFNO/c13-8-3-7(5-16-6-8)12(17)10-2-1-9(14)4-11(10)15/h1-6,12,17H. The highest BCUT2D eigenvalue weighted by Gasteiger charge is 2.15. The third kappa shape index (κ3) is 2.83. The molecule has 2 rings (SSSR count). The van der Waals surface area contributed by atoms with Crippen molar-refractivity contribution in [2.24, 2.45) is 0 Å². The Labute approximate surface area is 111 Å². The fourth-order valence-electron chi connectivity index (χ4n) is 1.48. The van der Waals surface area contributed by atoms with Crippen LogP contribution in [0.5, 0.6) is 0 Å². The normalized spacial score (nSPS) is 12.5. The molecule has 0 aliphatic rings. The van der Waals surface area contributed by atoms with Gasteiger partial charge in [0, 0.05) is 33.0 Å². The van der Waals surface area contributed by atoms with E-state index in [1.54, 1.807) is 12.3 Å². The molecule has 1 aromatic carbocycles. The topological polar surface area (TPSA) is 33.1 Å². The van der Waals surface area contributed by atoms with Crippen molar-refractivity contribution in [2.75, 3.05) is 0 Å². The highest BCUT2D eigenvalue weighted by molar-refractivity contribution is 9.10. The molecule has 1 heterocycles. The number of pyridine rings is 1. The minimum atomic E-state index is -1.06. The van der Waals surface area contributed by atoms with E-state index in [4.69, 9.17) is 11.6 Å². The lowest BCUT2D eigenvalue weighted by Gasteiger charge is -2.12. The first-order valence-electron chi connectivity index (χ1n) is 4.81. The van der Waals surface area contributed by atoms with Gasteiger partial charge in [-0.3, -0.25) is 4.98 Å². The Bertz CT molecular complexity index is 550. The van der Waals surface area contributed by atoms with Crippen molar-refractivity contribution >= 4 is 27.5 Å². The third-order valence-corrected chi connectivity index (χ3v) is 2.97. The Hall–Kier alpha value is -0.970. The number of hydrogen-bond donors (Lipinski definition) is 1. The van der Waals surface area contributed by atoms with E-state index in [9.17, 15) is 9.50 Å². The second kappa shape index (κ2) is 5.12. The van der Waals surface area contributed by atoms with Crippen LogP contribution < -0.4 is 0 Å². The molecule has 1 aromatic heterocycles. The minimum absolute atomic E-state index is 0.175. The lowest BCUT2D eigenvalue weighted by molar-refractivity contribution is 0.214. The molecule has 0 saturated heterocycles. The van der Waals surface area contributed by atoms with Crippen LogP contribution in [0.2, 0.25) is 5.02 Å². The van der Waals surface area contributed by atoms with Gasteiger partial charge in [0.05, 0.1) is 0 Å². The van der Waals surface area contributed by atoms with Crippen LogP contribution in [0.4, 0.5) is 4.39 Å². The summed E-state index contributed by atoms with van der Waals surface area (Å²) < 4.78 is 14.3. The van der Waals surface area contributed by atoms with Crippen molar-refractivity contribution in [3.05, 3.63) is 63.1 Å². The zero-order valence-electron chi connectivity index (χ0n) is 8.57. The molecule has 1 unspecified atom stereocenters. The molecule has 0 aliphatic carbocycles. The SMILES string of the molecule is OC(c1cncc(Br)c1)c1ccc(Cl)cc1F. The number of hydrogen-bond acceptors (Lipinski definition) is 2. The Morgan fingerprint density at radius 2 is 2.06 bits per heavy atom. The second-order valence-corrected chi connectivity index (χ2v) is 4.86. The van der Waals surface area contributed by atoms with Gasteiger partial charge in [0.1, 0.15) is 11.9 Å².